The van der Waals surface area contributed by atoms with Crippen LogP contribution in [-0.2, 0) is 11.2 Å². The number of hydrogen-bond donors (Lipinski definition) is 1. The van der Waals surface area contributed by atoms with Gasteiger partial charge in [0.05, 0.1) is 6.42 Å². The number of carboxylic acids is 1. The van der Waals surface area contributed by atoms with Crippen LogP contribution >= 0.6 is 0 Å². The first-order valence-electron chi connectivity index (χ1n) is 6.65. The molecule has 1 N–H and O–H groups in total. The van der Waals surface area contributed by atoms with E-state index in [1.165, 1.54) is 5.56 Å². The van der Waals surface area contributed by atoms with Crippen molar-refractivity contribution in [2.24, 2.45) is 5.92 Å². The zero-order chi connectivity index (χ0) is 12.7. The predicted octanol–water partition coefficient (Wildman–Crippen LogP) is 2.98. The van der Waals surface area contributed by atoms with Crippen LogP contribution in [0.15, 0.2) is 18.2 Å². The first-order valence-corrected chi connectivity index (χ1v) is 6.65. The van der Waals surface area contributed by atoms with E-state index in [1.54, 1.807) is 0 Å². The number of rotatable bonds is 4. The summed E-state index contributed by atoms with van der Waals surface area (Å²) in [5.74, 6) is 0.961. The summed E-state index contributed by atoms with van der Waals surface area (Å²) in [5.41, 5.74) is 2.38. The van der Waals surface area contributed by atoms with Crippen LogP contribution in [0.25, 0.3) is 0 Å². The maximum Gasteiger partial charge on any atom is 0.303 e. The molecule has 1 aliphatic heterocycles. The molecule has 0 spiro atoms. The number of carboxylic acid groups (broad SMARTS) is 1. The van der Waals surface area contributed by atoms with Crippen molar-refractivity contribution < 1.29 is 14.6 Å². The van der Waals surface area contributed by atoms with Gasteiger partial charge in [0.2, 0.25) is 0 Å². The van der Waals surface area contributed by atoms with E-state index in [9.17, 15) is 4.79 Å². The van der Waals surface area contributed by atoms with Crippen molar-refractivity contribution in [1.29, 1.82) is 0 Å². The van der Waals surface area contributed by atoms with Gasteiger partial charge in [-0.25, -0.2) is 0 Å². The number of benzene rings is 1. The molecule has 0 aromatic heterocycles. The Balaban J connectivity index is 1.86. The van der Waals surface area contributed by atoms with Crippen molar-refractivity contribution in [3.63, 3.8) is 0 Å². The van der Waals surface area contributed by atoms with Gasteiger partial charge in [-0.15, -0.1) is 0 Å². The van der Waals surface area contributed by atoms with Crippen molar-refractivity contribution in [3.8, 4) is 5.75 Å². The van der Waals surface area contributed by atoms with Crippen molar-refractivity contribution in [2.75, 3.05) is 0 Å². The monoisotopic (exact) mass is 246 g/mol. The summed E-state index contributed by atoms with van der Waals surface area (Å²) >= 11 is 0. The van der Waals surface area contributed by atoms with Gasteiger partial charge >= 0.3 is 5.97 Å². The van der Waals surface area contributed by atoms with Gasteiger partial charge in [0, 0.05) is 6.42 Å². The first kappa shape index (κ1) is 11.6. The third kappa shape index (κ3) is 2.22. The molecule has 18 heavy (non-hydrogen) atoms. The van der Waals surface area contributed by atoms with E-state index in [4.69, 9.17) is 9.84 Å². The van der Waals surface area contributed by atoms with Crippen LogP contribution in [0.1, 0.15) is 43.2 Å². The lowest BCUT2D eigenvalue weighted by Gasteiger charge is -2.15. The third-order valence-electron chi connectivity index (χ3n) is 3.94. The Kier molecular flexibility index (Phi) is 2.77. The highest BCUT2D eigenvalue weighted by Crippen LogP contribution is 2.45. The Bertz CT molecular complexity index is 477. The SMILES string of the molecule is CC1Cc2ccc(C(CC(=O)O)C3CC3)cc2O1. The maximum atomic E-state index is 11.0. The second kappa shape index (κ2) is 4.30. The van der Waals surface area contributed by atoms with Gasteiger partial charge in [-0.3, -0.25) is 4.79 Å². The molecule has 0 radical (unpaired) electrons. The lowest BCUT2D eigenvalue weighted by molar-refractivity contribution is -0.137. The smallest absolute Gasteiger partial charge is 0.303 e. The minimum atomic E-state index is -0.707. The first-order chi connectivity index (χ1) is 8.63. The van der Waals surface area contributed by atoms with Gasteiger partial charge in [0.15, 0.2) is 0 Å². The zero-order valence-electron chi connectivity index (χ0n) is 10.6. The number of aliphatic carboxylic acids is 1. The quantitative estimate of drug-likeness (QED) is 0.888. The Hall–Kier alpha value is -1.51. The third-order valence-corrected chi connectivity index (χ3v) is 3.94. The van der Waals surface area contributed by atoms with Crippen LogP contribution in [-0.4, -0.2) is 17.2 Å². The van der Waals surface area contributed by atoms with E-state index in [1.807, 2.05) is 0 Å². The van der Waals surface area contributed by atoms with Crippen LogP contribution in [0.4, 0.5) is 0 Å². The molecule has 1 aromatic rings. The van der Waals surface area contributed by atoms with Gasteiger partial charge in [0.1, 0.15) is 11.9 Å². The largest absolute Gasteiger partial charge is 0.490 e. The van der Waals surface area contributed by atoms with Gasteiger partial charge < -0.3 is 9.84 Å². The van der Waals surface area contributed by atoms with Gasteiger partial charge in [-0.1, -0.05) is 12.1 Å². The zero-order valence-corrected chi connectivity index (χ0v) is 10.6. The van der Waals surface area contributed by atoms with Crippen molar-refractivity contribution >= 4 is 5.97 Å². The molecule has 0 saturated heterocycles. The topological polar surface area (TPSA) is 46.5 Å². The molecular weight excluding hydrogens is 228 g/mol. The van der Waals surface area contributed by atoms with Crippen LogP contribution in [0.5, 0.6) is 5.75 Å². The summed E-state index contributed by atoms with van der Waals surface area (Å²) in [5, 5.41) is 9.03. The lowest BCUT2D eigenvalue weighted by atomic mass is 9.90. The standard InChI is InChI=1S/C15H18O3/c1-9-6-12-5-4-11(7-14(12)18-9)13(8-15(16)17)10-2-3-10/h4-5,7,9-10,13H,2-3,6,8H2,1H3,(H,16,17). The van der Waals surface area contributed by atoms with Crippen LogP contribution < -0.4 is 4.74 Å². The fourth-order valence-electron chi connectivity index (χ4n) is 2.89. The van der Waals surface area contributed by atoms with E-state index in [2.05, 4.69) is 25.1 Å². The highest BCUT2D eigenvalue weighted by molar-refractivity contribution is 5.68. The Morgan fingerprint density at radius 2 is 2.28 bits per heavy atom. The molecule has 3 rings (SSSR count). The van der Waals surface area contributed by atoms with Crippen LogP contribution in [0.2, 0.25) is 0 Å². The second-order valence-corrected chi connectivity index (χ2v) is 5.54. The lowest BCUT2D eigenvalue weighted by Crippen LogP contribution is -2.08. The second-order valence-electron chi connectivity index (χ2n) is 5.54. The highest BCUT2D eigenvalue weighted by Gasteiger charge is 2.34. The molecule has 1 saturated carbocycles. The normalized spacial score (nSPS) is 23.3. The average molecular weight is 246 g/mol. The molecule has 2 atom stereocenters. The number of ether oxygens (including phenoxy) is 1. The van der Waals surface area contributed by atoms with Gasteiger partial charge in [0.25, 0.3) is 0 Å². The molecular formula is C15H18O3. The molecule has 0 amide bonds. The molecule has 96 valence electrons. The summed E-state index contributed by atoms with van der Waals surface area (Å²) in [6, 6.07) is 6.25. The molecule has 1 aromatic carbocycles. The van der Waals surface area contributed by atoms with Crippen LogP contribution in [0, 0.1) is 5.92 Å². The summed E-state index contributed by atoms with van der Waals surface area (Å²) in [4.78, 5) is 11.0. The fraction of sp³-hybridized carbons (Fsp3) is 0.533. The predicted molar refractivity (Wildman–Crippen MR) is 68.0 cm³/mol. The van der Waals surface area contributed by atoms with E-state index in [0.29, 0.717) is 5.92 Å². The van der Waals surface area contributed by atoms with E-state index in [-0.39, 0.29) is 18.4 Å². The van der Waals surface area contributed by atoms with E-state index < -0.39 is 5.97 Å². The molecule has 1 heterocycles. The summed E-state index contributed by atoms with van der Waals surface area (Å²) in [6.07, 6.45) is 3.76. The number of carbonyl (C=O) groups is 1. The number of hydrogen-bond acceptors (Lipinski definition) is 2. The van der Waals surface area contributed by atoms with E-state index in [0.717, 1.165) is 30.6 Å². The Morgan fingerprint density at radius 1 is 1.50 bits per heavy atom. The average Bonchev–Trinajstić information content (AvgIpc) is 3.06. The summed E-state index contributed by atoms with van der Waals surface area (Å²) < 4.78 is 5.76. The highest BCUT2D eigenvalue weighted by atomic mass is 16.5. The molecule has 3 heteroatoms. The minimum absolute atomic E-state index is 0.160. The fourth-order valence-corrected chi connectivity index (χ4v) is 2.89. The van der Waals surface area contributed by atoms with Gasteiger partial charge in [-0.2, -0.15) is 0 Å². The summed E-state index contributed by atoms with van der Waals surface area (Å²) in [6.45, 7) is 2.06. The van der Waals surface area contributed by atoms with Crippen LogP contribution in [0.3, 0.4) is 0 Å². The van der Waals surface area contributed by atoms with Gasteiger partial charge in [-0.05, 0) is 48.8 Å². The Labute approximate surface area is 107 Å². The minimum Gasteiger partial charge on any atom is -0.490 e. The number of fused-ring (bicyclic) bond motifs is 1. The molecule has 1 fully saturated rings. The molecule has 2 aliphatic rings. The molecule has 0 bridgehead atoms. The van der Waals surface area contributed by atoms with E-state index >= 15 is 0 Å². The van der Waals surface area contributed by atoms with Crippen molar-refractivity contribution in [3.05, 3.63) is 29.3 Å². The molecule has 1 aliphatic carbocycles. The van der Waals surface area contributed by atoms with Crippen molar-refractivity contribution in [2.45, 2.75) is 44.6 Å². The Morgan fingerprint density at radius 3 is 2.94 bits per heavy atom. The molecule has 2 unspecified atom stereocenters. The summed E-state index contributed by atoms with van der Waals surface area (Å²) in [7, 11) is 0. The van der Waals surface area contributed by atoms with Crippen molar-refractivity contribution in [1.82, 2.24) is 0 Å². The maximum absolute atomic E-state index is 11.0. The molecule has 3 nitrogen and oxygen atoms in total.